The summed E-state index contributed by atoms with van der Waals surface area (Å²) in [4.78, 5) is 43.1. The van der Waals surface area contributed by atoms with Crippen molar-refractivity contribution in [3.05, 3.63) is 131 Å². The number of hydrogen-bond donors (Lipinski definition) is 0. The van der Waals surface area contributed by atoms with E-state index in [9.17, 15) is 14.4 Å². The number of rotatable bonds is 10. The summed E-state index contributed by atoms with van der Waals surface area (Å²) in [6, 6.07) is 21.4. The zero-order valence-corrected chi connectivity index (χ0v) is 40.1. The van der Waals surface area contributed by atoms with Gasteiger partial charge in [-0.15, -0.1) is 0 Å². The van der Waals surface area contributed by atoms with Crippen LogP contribution in [0.1, 0.15) is 102 Å². The number of Topliss-reactive ketones (excluding diaryl/α,β-unsaturated/α-hetero) is 1. The number of benzene rings is 4. The van der Waals surface area contributed by atoms with Crippen molar-refractivity contribution < 1.29 is 50.2 Å². The Morgan fingerprint density at radius 3 is 1.77 bits per heavy atom. The molecule has 2 aliphatic rings. The Kier molecular flexibility index (Phi) is 13.0. The van der Waals surface area contributed by atoms with E-state index in [0.29, 0.717) is 5.56 Å². The lowest BCUT2D eigenvalue weighted by Crippen LogP contribution is -2.67. The Labute approximate surface area is 383 Å². The van der Waals surface area contributed by atoms with Crippen molar-refractivity contribution in [2.45, 2.75) is 110 Å². The third-order valence-corrected chi connectivity index (χ3v) is 17.2. The van der Waals surface area contributed by atoms with Gasteiger partial charge in [-0.2, -0.15) is 0 Å². The molecule has 15 heteroatoms. The number of carbonyl (C=O) groups excluding carboxylic acids is 3. The Morgan fingerprint density at radius 2 is 1.26 bits per heavy atom. The standard InChI is InChI=1S/C51H58F5N3O6Si/c1-31-23-38-37-26-34(52)21-22-41(37)59(47(62)65-49(5,6)7)43(38)44(42-39(53)24-32(25-40(42)54)45(60)33-27-57(28-33)46(61)64-48(2,3)4)58(31)29-51(55,56)30-63-66(50(8,9)10,35-17-13-11-14-18-35)36-19-15-12-16-20-36/h11-22,24-26,31,33,44H,23,27-30H2,1-10H3/t31-,44-/m1/s1. The predicted octanol–water partition coefficient (Wildman–Crippen LogP) is 10.4. The second kappa shape index (κ2) is 17.7. The molecule has 2 atom stereocenters. The second-order valence-electron chi connectivity index (χ2n) is 20.6. The summed E-state index contributed by atoms with van der Waals surface area (Å²) in [5.41, 5.74) is -2.45. The first kappa shape index (κ1) is 48.5. The van der Waals surface area contributed by atoms with E-state index in [0.717, 1.165) is 33.1 Å². The fraction of sp³-hybridized carbons (Fsp3) is 0.431. The third kappa shape index (κ3) is 9.57. The lowest BCUT2D eigenvalue weighted by molar-refractivity contribution is -0.0828. The molecule has 1 saturated heterocycles. The van der Waals surface area contributed by atoms with Crippen LogP contribution in [0.5, 0.6) is 0 Å². The first-order chi connectivity index (χ1) is 30.7. The van der Waals surface area contributed by atoms with Gasteiger partial charge in [-0.3, -0.25) is 9.69 Å². The van der Waals surface area contributed by atoms with Gasteiger partial charge in [-0.1, -0.05) is 81.4 Å². The quantitative estimate of drug-likeness (QED) is 0.0783. The highest BCUT2D eigenvalue weighted by molar-refractivity contribution is 6.99. The molecule has 0 saturated carbocycles. The number of fused-ring (bicyclic) bond motifs is 3. The summed E-state index contributed by atoms with van der Waals surface area (Å²) in [5.74, 6) is -8.17. The number of amides is 1. The zero-order valence-electron chi connectivity index (χ0n) is 39.1. The van der Waals surface area contributed by atoms with Gasteiger partial charge in [0.2, 0.25) is 0 Å². The van der Waals surface area contributed by atoms with Crippen molar-refractivity contribution in [1.29, 1.82) is 0 Å². The summed E-state index contributed by atoms with van der Waals surface area (Å²) < 4.78 is 103. The Hall–Kier alpha value is -5.38. The monoisotopic (exact) mass is 931 g/mol. The van der Waals surface area contributed by atoms with Crippen molar-refractivity contribution in [3.63, 3.8) is 0 Å². The molecular formula is C51H58F5N3O6Si. The van der Waals surface area contributed by atoms with Gasteiger partial charge < -0.3 is 18.8 Å². The molecule has 9 nitrogen and oxygen atoms in total. The first-order valence-corrected chi connectivity index (χ1v) is 24.1. The van der Waals surface area contributed by atoms with Gasteiger partial charge in [-0.25, -0.2) is 36.1 Å². The highest BCUT2D eigenvalue weighted by Crippen LogP contribution is 2.46. The van der Waals surface area contributed by atoms with Crippen LogP contribution in [0.2, 0.25) is 5.04 Å². The Morgan fingerprint density at radius 1 is 0.727 bits per heavy atom. The zero-order chi connectivity index (χ0) is 48.3. The molecule has 2 aliphatic heterocycles. The molecule has 4 aromatic carbocycles. The number of aromatic nitrogens is 1. The van der Waals surface area contributed by atoms with E-state index in [1.54, 1.807) is 48.5 Å². The molecule has 0 unspecified atom stereocenters. The maximum absolute atomic E-state index is 17.3. The molecular weight excluding hydrogens is 874 g/mol. The van der Waals surface area contributed by atoms with E-state index in [2.05, 4.69) is 0 Å². The minimum Gasteiger partial charge on any atom is -0.444 e. The normalized spacial score (nSPS) is 17.7. The average Bonchev–Trinajstić information content (AvgIpc) is 3.50. The van der Waals surface area contributed by atoms with Gasteiger partial charge in [0.05, 0.1) is 36.3 Å². The summed E-state index contributed by atoms with van der Waals surface area (Å²) in [7, 11) is -3.50. The SMILES string of the molecule is C[C@@H]1Cc2c(n(C(=O)OC(C)(C)C)c3ccc(F)cc23)[C@@H](c2c(F)cc(C(=O)C3CN(C(=O)OC(C)(C)C)C3)cc2F)N1CC(F)(F)CO[Si](c1ccccc1)(c1ccccc1)C(C)(C)C. The van der Waals surface area contributed by atoms with Gasteiger partial charge in [-0.05, 0) is 106 Å². The Balaban J connectivity index is 1.33. The van der Waals surface area contributed by atoms with Crippen molar-refractivity contribution >= 4 is 47.6 Å². The van der Waals surface area contributed by atoms with E-state index in [4.69, 9.17) is 13.9 Å². The van der Waals surface area contributed by atoms with Crippen LogP contribution in [-0.2, 0) is 20.3 Å². The largest absolute Gasteiger partial charge is 0.444 e. The van der Waals surface area contributed by atoms with E-state index in [1.807, 2.05) is 81.4 Å². The number of ketones is 1. The van der Waals surface area contributed by atoms with Gasteiger partial charge in [0.1, 0.15) is 28.7 Å². The molecule has 0 aliphatic carbocycles. The fourth-order valence-corrected chi connectivity index (χ4v) is 13.9. The van der Waals surface area contributed by atoms with E-state index in [-0.39, 0.29) is 41.7 Å². The van der Waals surface area contributed by atoms with Crippen LogP contribution in [-0.4, -0.2) is 90.1 Å². The molecule has 1 fully saturated rings. The minimum atomic E-state index is -3.67. The molecule has 0 N–H and O–H groups in total. The van der Waals surface area contributed by atoms with Crippen molar-refractivity contribution in [2.24, 2.45) is 5.92 Å². The van der Waals surface area contributed by atoms with Crippen LogP contribution in [0.3, 0.4) is 0 Å². The van der Waals surface area contributed by atoms with E-state index in [1.165, 1.54) is 21.9 Å². The van der Waals surface area contributed by atoms with Gasteiger partial charge in [0.25, 0.3) is 14.2 Å². The summed E-state index contributed by atoms with van der Waals surface area (Å²) >= 11 is 0. The molecule has 66 heavy (non-hydrogen) atoms. The maximum Gasteiger partial charge on any atom is 0.419 e. The maximum atomic E-state index is 17.3. The summed E-state index contributed by atoms with van der Waals surface area (Å²) in [6.45, 7) is 15.3. The van der Waals surface area contributed by atoms with E-state index >= 15 is 22.0 Å². The molecule has 3 heterocycles. The number of ether oxygens (including phenoxy) is 2. The molecule has 0 radical (unpaired) electrons. The molecule has 7 rings (SSSR count). The first-order valence-electron chi connectivity index (χ1n) is 22.2. The number of likely N-dealkylation sites (tertiary alicyclic amines) is 1. The third-order valence-electron chi connectivity index (χ3n) is 12.2. The molecule has 1 amide bonds. The number of halogens is 5. The molecule has 0 spiro atoms. The van der Waals surface area contributed by atoms with Crippen LogP contribution >= 0.6 is 0 Å². The summed E-state index contributed by atoms with van der Waals surface area (Å²) in [5, 5.41) is 1.16. The number of hydrogen-bond acceptors (Lipinski definition) is 7. The lowest BCUT2D eigenvalue weighted by Gasteiger charge is -2.45. The van der Waals surface area contributed by atoms with Crippen molar-refractivity contribution in [2.75, 3.05) is 26.2 Å². The molecule has 352 valence electrons. The number of nitrogens with zero attached hydrogens (tertiary/aromatic N) is 3. The van der Waals surface area contributed by atoms with Gasteiger partial charge >= 0.3 is 12.2 Å². The minimum absolute atomic E-state index is 0.0110. The second-order valence-corrected chi connectivity index (χ2v) is 24.9. The molecule has 5 aromatic rings. The molecule has 0 bridgehead atoms. The lowest BCUT2D eigenvalue weighted by atomic mass is 9.86. The van der Waals surface area contributed by atoms with Crippen LogP contribution in [0, 0.1) is 23.4 Å². The van der Waals surface area contributed by atoms with Crippen LogP contribution in [0.4, 0.5) is 31.5 Å². The average molecular weight is 932 g/mol. The number of carbonyl (C=O) groups is 3. The topological polar surface area (TPSA) is 90.3 Å². The number of alkyl halides is 2. The highest BCUT2D eigenvalue weighted by Gasteiger charge is 2.53. The summed E-state index contributed by atoms with van der Waals surface area (Å²) in [6.07, 6.45) is -1.60. The predicted molar refractivity (Wildman–Crippen MR) is 246 cm³/mol. The molecule has 1 aromatic heterocycles. The van der Waals surface area contributed by atoms with Gasteiger partial charge in [0.15, 0.2) is 5.78 Å². The smallest absolute Gasteiger partial charge is 0.419 e. The van der Waals surface area contributed by atoms with Crippen LogP contribution < -0.4 is 10.4 Å². The van der Waals surface area contributed by atoms with E-state index < -0.39 is 103 Å². The van der Waals surface area contributed by atoms with Crippen LogP contribution in [0.15, 0.2) is 91.0 Å². The van der Waals surface area contributed by atoms with Crippen LogP contribution in [0.25, 0.3) is 10.9 Å². The highest BCUT2D eigenvalue weighted by atomic mass is 28.4. The van der Waals surface area contributed by atoms with Gasteiger partial charge in [0, 0.05) is 35.6 Å². The fourth-order valence-electron chi connectivity index (χ4n) is 9.36. The Bertz CT molecular complexity index is 2570. The van der Waals surface area contributed by atoms with Crippen molar-refractivity contribution in [1.82, 2.24) is 14.4 Å². The van der Waals surface area contributed by atoms with Crippen molar-refractivity contribution in [3.8, 4) is 0 Å².